The van der Waals surface area contributed by atoms with Gasteiger partial charge in [-0.15, -0.1) is 5.10 Å². The molecule has 2 aliphatic heterocycles. The summed E-state index contributed by atoms with van der Waals surface area (Å²) in [5.74, 6) is 0.672. The third-order valence-corrected chi connectivity index (χ3v) is 8.12. The Balaban J connectivity index is 1.00. The van der Waals surface area contributed by atoms with Crippen LogP contribution in [0, 0.1) is 11.3 Å². The topological polar surface area (TPSA) is 138 Å². The van der Waals surface area contributed by atoms with Gasteiger partial charge >= 0.3 is 0 Å². The largest absolute Gasteiger partial charge is 0.373 e. The zero-order valence-electron chi connectivity index (χ0n) is 24.5. The normalized spacial score (nSPS) is 18.0. The molecular weight excluding hydrogens is 556 g/mol. The van der Waals surface area contributed by atoms with Gasteiger partial charge in [0.1, 0.15) is 11.8 Å². The van der Waals surface area contributed by atoms with E-state index in [1.54, 1.807) is 29.2 Å². The van der Waals surface area contributed by atoms with Gasteiger partial charge in [0, 0.05) is 75.5 Å². The number of fused-ring (bicyclic) bond motifs is 1. The second-order valence-electron chi connectivity index (χ2n) is 11.2. The standard InChI is InChI=1S/C31H32N12O/c1-40-8-10-41(11-9-40)19-22-2-4-23(5-3-22)25-16-35-31(36-17-25)42-12-13-44-27(20-42)21-43-30-29(38-39-43)34-18-28(37-30)24-6-7-33-26(14-24)15-32/h2-7,14,16-18,27H,8-13,19-21H2,1H3/t27-/m1/s1. The lowest BCUT2D eigenvalue weighted by Crippen LogP contribution is -2.45. The molecule has 6 heterocycles. The van der Waals surface area contributed by atoms with E-state index in [1.165, 1.54) is 5.56 Å². The van der Waals surface area contributed by atoms with Crippen molar-refractivity contribution in [2.75, 3.05) is 57.8 Å². The lowest BCUT2D eigenvalue weighted by molar-refractivity contribution is 0.0273. The number of pyridine rings is 1. The lowest BCUT2D eigenvalue weighted by atomic mass is 10.1. The zero-order chi connectivity index (χ0) is 29.9. The van der Waals surface area contributed by atoms with Crippen molar-refractivity contribution in [1.82, 2.24) is 49.7 Å². The molecule has 44 heavy (non-hydrogen) atoms. The summed E-state index contributed by atoms with van der Waals surface area (Å²) in [5, 5.41) is 17.7. The van der Waals surface area contributed by atoms with Gasteiger partial charge < -0.3 is 14.5 Å². The number of hydrogen-bond acceptors (Lipinski definition) is 12. The predicted molar refractivity (Wildman–Crippen MR) is 163 cm³/mol. The Morgan fingerprint density at radius 3 is 2.52 bits per heavy atom. The number of likely N-dealkylation sites (N-methyl/N-ethyl adjacent to an activating group) is 1. The summed E-state index contributed by atoms with van der Waals surface area (Å²) in [6, 6.07) is 14.3. The van der Waals surface area contributed by atoms with E-state index < -0.39 is 0 Å². The highest BCUT2D eigenvalue weighted by atomic mass is 16.5. The molecule has 222 valence electrons. The maximum Gasteiger partial charge on any atom is 0.225 e. The van der Waals surface area contributed by atoms with Crippen molar-refractivity contribution in [3.8, 4) is 28.5 Å². The van der Waals surface area contributed by atoms with E-state index in [1.807, 2.05) is 12.4 Å². The summed E-state index contributed by atoms with van der Waals surface area (Å²) in [5.41, 5.74) is 6.10. The van der Waals surface area contributed by atoms with Crippen LogP contribution in [0.3, 0.4) is 0 Å². The second-order valence-corrected chi connectivity index (χ2v) is 11.2. The quantitative estimate of drug-likeness (QED) is 0.276. The van der Waals surface area contributed by atoms with E-state index in [0.717, 1.165) is 49.4 Å². The van der Waals surface area contributed by atoms with Gasteiger partial charge in [-0.3, -0.25) is 4.90 Å². The average molecular weight is 589 g/mol. The minimum absolute atomic E-state index is 0.165. The van der Waals surface area contributed by atoms with Gasteiger partial charge in [0.2, 0.25) is 11.6 Å². The predicted octanol–water partition coefficient (Wildman–Crippen LogP) is 2.26. The first kappa shape index (κ1) is 27.9. The van der Waals surface area contributed by atoms with Gasteiger partial charge in [-0.2, -0.15) is 5.26 Å². The molecule has 0 amide bonds. The molecule has 0 spiro atoms. The summed E-state index contributed by atoms with van der Waals surface area (Å²) in [6.07, 6.45) is 6.82. The molecule has 1 atom stereocenters. The lowest BCUT2D eigenvalue weighted by Gasteiger charge is -2.32. The minimum atomic E-state index is -0.165. The van der Waals surface area contributed by atoms with Gasteiger partial charge in [0.25, 0.3) is 0 Å². The first-order valence-electron chi connectivity index (χ1n) is 14.7. The first-order valence-corrected chi connectivity index (χ1v) is 14.7. The molecular formula is C31H32N12O. The van der Waals surface area contributed by atoms with Gasteiger partial charge in [-0.05, 0) is 30.3 Å². The number of nitriles is 1. The van der Waals surface area contributed by atoms with Crippen LogP contribution in [0.25, 0.3) is 33.7 Å². The molecule has 0 N–H and O–H groups in total. The molecule has 0 unspecified atom stereocenters. The average Bonchev–Trinajstić information content (AvgIpc) is 3.48. The Labute approximate surface area is 254 Å². The van der Waals surface area contributed by atoms with Crippen LogP contribution >= 0.6 is 0 Å². The van der Waals surface area contributed by atoms with Crippen molar-refractivity contribution in [3.05, 3.63) is 72.4 Å². The fraction of sp³-hybridized carbons (Fsp3) is 0.355. The molecule has 2 fully saturated rings. The summed E-state index contributed by atoms with van der Waals surface area (Å²) >= 11 is 0. The van der Waals surface area contributed by atoms with Gasteiger partial charge in [0.05, 0.1) is 31.1 Å². The Kier molecular flexibility index (Phi) is 7.85. The number of anilines is 1. The maximum absolute atomic E-state index is 9.20. The number of ether oxygens (including phenoxy) is 1. The molecule has 4 aromatic heterocycles. The fourth-order valence-corrected chi connectivity index (χ4v) is 5.57. The van der Waals surface area contributed by atoms with Gasteiger partial charge in [0.15, 0.2) is 5.65 Å². The number of morpholine rings is 1. The zero-order valence-corrected chi connectivity index (χ0v) is 24.5. The highest BCUT2D eigenvalue weighted by Crippen LogP contribution is 2.23. The summed E-state index contributed by atoms with van der Waals surface area (Å²) in [4.78, 5) is 29.6. The number of benzene rings is 1. The molecule has 13 heteroatoms. The highest BCUT2D eigenvalue weighted by molar-refractivity contribution is 5.70. The molecule has 0 aliphatic carbocycles. The molecule has 0 saturated carbocycles. The molecule has 2 aliphatic rings. The van der Waals surface area contributed by atoms with Crippen molar-refractivity contribution >= 4 is 17.2 Å². The molecule has 5 aromatic rings. The summed E-state index contributed by atoms with van der Waals surface area (Å²) < 4.78 is 7.79. The summed E-state index contributed by atoms with van der Waals surface area (Å²) in [7, 11) is 2.18. The smallest absolute Gasteiger partial charge is 0.225 e. The number of piperazine rings is 1. The van der Waals surface area contributed by atoms with Crippen molar-refractivity contribution in [1.29, 1.82) is 5.26 Å². The van der Waals surface area contributed by atoms with Crippen LogP contribution in [0.1, 0.15) is 11.3 Å². The van der Waals surface area contributed by atoms with Crippen LogP contribution in [0.4, 0.5) is 5.95 Å². The third kappa shape index (κ3) is 6.09. The van der Waals surface area contributed by atoms with E-state index in [0.29, 0.717) is 54.9 Å². The van der Waals surface area contributed by atoms with Crippen molar-refractivity contribution in [2.24, 2.45) is 0 Å². The van der Waals surface area contributed by atoms with Crippen LogP contribution in [0.2, 0.25) is 0 Å². The van der Waals surface area contributed by atoms with Crippen LogP contribution in [0.5, 0.6) is 0 Å². The number of hydrogen-bond donors (Lipinski definition) is 0. The Hall–Kier alpha value is -4.90. The van der Waals surface area contributed by atoms with E-state index >= 15 is 0 Å². The molecule has 0 bridgehead atoms. The van der Waals surface area contributed by atoms with E-state index in [4.69, 9.17) is 19.7 Å². The van der Waals surface area contributed by atoms with Crippen LogP contribution in [-0.2, 0) is 17.8 Å². The number of rotatable bonds is 7. The molecule has 13 nitrogen and oxygen atoms in total. The highest BCUT2D eigenvalue weighted by Gasteiger charge is 2.24. The second kappa shape index (κ2) is 12.4. The Morgan fingerprint density at radius 1 is 0.909 bits per heavy atom. The Morgan fingerprint density at radius 2 is 1.73 bits per heavy atom. The number of nitrogens with zero attached hydrogens (tertiary/aromatic N) is 12. The van der Waals surface area contributed by atoms with E-state index in [-0.39, 0.29) is 6.10 Å². The molecule has 2 saturated heterocycles. The monoisotopic (exact) mass is 588 g/mol. The van der Waals surface area contributed by atoms with Crippen LogP contribution < -0.4 is 4.90 Å². The molecule has 0 radical (unpaired) electrons. The SMILES string of the molecule is CN1CCN(Cc2ccc(-c3cnc(N4CCO[C@@H](Cn5nnc6ncc(-c7ccnc(C#N)c7)nc65)C4)nc3)cc2)CC1. The maximum atomic E-state index is 9.20. The van der Waals surface area contributed by atoms with E-state index in [9.17, 15) is 5.26 Å². The van der Waals surface area contributed by atoms with Crippen molar-refractivity contribution < 1.29 is 4.74 Å². The van der Waals surface area contributed by atoms with Crippen LogP contribution in [-0.4, -0.2) is 109 Å². The first-order chi connectivity index (χ1) is 21.6. The molecule has 1 aromatic carbocycles. The minimum Gasteiger partial charge on any atom is -0.373 e. The van der Waals surface area contributed by atoms with Gasteiger partial charge in [-0.25, -0.2) is 29.6 Å². The Bertz CT molecular complexity index is 1770. The van der Waals surface area contributed by atoms with Crippen molar-refractivity contribution in [2.45, 2.75) is 19.2 Å². The van der Waals surface area contributed by atoms with Crippen LogP contribution in [0.15, 0.2) is 61.2 Å². The molecule has 7 rings (SSSR count). The number of aromatic nitrogens is 8. The summed E-state index contributed by atoms with van der Waals surface area (Å²) in [6.45, 7) is 7.73. The third-order valence-electron chi connectivity index (χ3n) is 8.12. The fourth-order valence-electron chi connectivity index (χ4n) is 5.57. The van der Waals surface area contributed by atoms with E-state index in [2.05, 4.69) is 72.4 Å². The van der Waals surface area contributed by atoms with Gasteiger partial charge in [-0.1, -0.05) is 29.5 Å². The van der Waals surface area contributed by atoms with Crippen molar-refractivity contribution in [3.63, 3.8) is 0 Å².